The molecule has 0 atom stereocenters. The van der Waals surface area contributed by atoms with Gasteiger partial charge >= 0.3 is 13.6 Å². The van der Waals surface area contributed by atoms with Crippen LogP contribution in [-0.2, 0) is 14.2 Å². The molecule has 0 radical (unpaired) electrons. The second-order valence-corrected chi connectivity index (χ2v) is 4.40. The Morgan fingerprint density at radius 2 is 2.31 bits per heavy atom. The molecule has 0 aromatic rings. The molecule has 0 bridgehead atoms. The lowest BCUT2D eigenvalue weighted by Gasteiger charge is -2.15. The van der Waals surface area contributed by atoms with Crippen LogP contribution < -0.4 is 21.9 Å². The quantitative estimate of drug-likeness (QED) is 0.222. The van der Waals surface area contributed by atoms with Crippen LogP contribution in [0.1, 0.15) is 0 Å². The van der Waals surface area contributed by atoms with Gasteiger partial charge in [0.2, 0.25) is 0 Å². The summed E-state index contributed by atoms with van der Waals surface area (Å²) in [5, 5.41) is 3.47. The molecule has 0 spiro atoms. The van der Waals surface area contributed by atoms with E-state index in [1.54, 1.807) is 6.20 Å². The van der Waals surface area contributed by atoms with Gasteiger partial charge in [0.05, 0.1) is 19.0 Å². The van der Waals surface area contributed by atoms with E-state index in [0.29, 0.717) is 0 Å². The van der Waals surface area contributed by atoms with E-state index in [2.05, 4.69) is 26.7 Å². The number of nitrogens with one attached hydrogen (secondary N) is 4. The van der Waals surface area contributed by atoms with Crippen molar-refractivity contribution in [2.24, 2.45) is 0 Å². The smallest absolute Gasteiger partial charge is 0.340 e. The summed E-state index contributed by atoms with van der Waals surface area (Å²) in [6.07, 6.45) is 2.48. The zero-order valence-corrected chi connectivity index (χ0v) is 8.98. The highest BCUT2D eigenvalue weighted by atomic mass is 31.2. The number of hydrogen-bond donors (Lipinski definition) is 6. The Balaban J connectivity index is 2.07. The van der Waals surface area contributed by atoms with Gasteiger partial charge in [0.1, 0.15) is 0 Å². The highest BCUT2D eigenvalue weighted by molar-refractivity contribution is 7.51. The van der Waals surface area contributed by atoms with Crippen LogP contribution in [0.4, 0.5) is 0 Å². The zero-order chi connectivity index (χ0) is 12.0. The topological polar surface area (TPSA) is 135 Å². The van der Waals surface area contributed by atoms with Crippen LogP contribution in [0.2, 0.25) is 0 Å². The molecule has 0 aromatic carbocycles. The van der Waals surface area contributed by atoms with Crippen molar-refractivity contribution in [2.75, 3.05) is 12.8 Å². The van der Waals surface area contributed by atoms with Crippen LogP contribution in [0, 0.1) is 0 Å². The van der Waals surface area contributed by atoms with E-state index >= 15 is 0 Å². The first-order valence-corrected chi connectivity index (χ1v) is 5.95. The number of carbonyl (C=O) groups excluding carboxylic acids is 1. The number of carbonyl (C=O) groups is 1. The van der Waals surface area contributed by atoms with Crippen molar-refractivity contribution in [3.63, 3.8) is 0 Å². The molecule has 1 heterocycles. The largest absolute Gasteiger partial charge is 0.348 e. The first kappa shape index (κ1) is 12.9. The molecule has 16 heavy (non-hydrogen) atoms. The fourth-order valence-electron chi connectivity index (χ4n) is 0.749. The number of hydrazine groups is 3. The lowest BCUT2D eigenvalue weighted by molar-refractivity contribution is -0.163. The van der Waals surface area contributed by atoms with Gasteiger partial charge in [-0.05, 0) is 5.59 Å². The van der Waals surface area contributed by atoms with Gasteiger partial charge in [-0.1, -0.05) is 0 Å². The van der Waals surface area contributed by atoms with Gasteiger partial charge in [-0.3, -0.25) is 9.88 Å². The van der Waals surface area contributed by atoms with Crippen molar-refractivity contribution < 1.29 is 24.0 Å². The van der Waals surface area contributed by atoms with Gasteiger partial charge in [0.25, 0.3) is 0 Å². The molecule has 0 aliphatic carbocycles. The fraction of sp³-hybridized carbons (Fsp3) is 0.400. The Morgan fingerprint density at radius 1 is 1.56 bits per heavy atom. The van der Waals surface area contributed by atoms with Gasteiger partial charge in [-0.2, -0.15) is 5.12 Å². The van der Waals surface area contributed by atoms with Crippen molar-refractivity contribution in [1.82, 2.24) is 27.0 Å². The van der Waals surface area contributed by atoms with Crippen LogP contribution in [0.3, 0.4) is 0 Å². The van der Waals surface area contributed by atoms with E-state index < -0.39 is 19.9 Å². The number of hydrogen-bond acceptors (Lipinski definition) is 8. The lowest BCUT2D eigenvalue weighted by Crippen LogP contribution is -2.46. The standard InChI is InChI=1S/C5H12N5O5P/c11-5(3-6-4-16(12,13)14)15-9-10-2-1-7-8-10/h1-2,6-9H,3-4H2,(H2,12,13,14). The van der Waals surface area contributed by atoms with E-state index in [9.17, 15) is 9.36 Å². The van der Waals surface area contributed by atoms with Crippen molar-refractivity contribution in [2.45, 2.75) is 0 Å². The third-order valence-electron chi connectivity index (χ3n) is 1.34. The van der Waals surface area contributed by atoms with Gasteiger partial charge in [0.15, 0.2) is 0 Å². The third kappa shape index (κ3) is 5.66. The fourth-order valence-corrected chi connectivity index (χ4v) is 1.15. The predicted octanol–water partition coefficient (Wildman–Crippen LogP) is -2.53. The van der Waals surface area contributed by atoms with Crippen molar-refractivity contribution in [3.8, 4) is 0 Å². The van der Waals surface area contributed by atoms with Gasteiger partial charge < -0.3 is 20.1 Å². The Bertz CT molecular complexity index is 316. The Morgan fingerprint density at radius 3 is 2.88 bits per heavy atom. The Labute approximate surface area is 90.7 Å². The second-order valence-electron chi connectivity index (χ2n) is 2.76. The van der Waals surface area contributed by atoms with Gasteiger partial charge in [-0.25, -0.2) is 4.79 Å². The normalized spacial score (nSPS) is 15.0. The first-order valence-electron chi connectivity index (χ1n) is 4.15. The van der Waals surface area contributed by atoms with Crippen LogP contribution >= 0.6 is 7.60 Å². The molecule has 11 heteroatoms. The molecule has 92 valence electrons. The van der Waals surface area contributed by atoms with E-state index in [0.717, 1.165) is 0 Å². The Kier molecular flexibility index (Phi) is 4.68. The van der Waals surface area contributed by atoms with E-state index in [4.69, 9.17) is 9.79 Å². The summed E-state index contributed by atoms with van der Waals surface area (Å²) in [4.78, 5) is 32.5. The minimum absolute atomic E-state index is 0.316. The highest BCUT2D eigenvalue weighted by Gasteiger charge is 2.13. The molecule has 6 N–H and O–H groups in total. The molecule has 0 fully saturated rings. The maximum Gasteiger partial charge on any atom is 0.340 e. The molecule has 0 aromatic heterocycles. The molecule has 0 unspecified atom stereocenters. The molecular weight excluding hydrogens is 241 g/mol. The SMILES string of the molecule is O=C(CNCP(=O)(O)O)ONN1C=CNN1. The molecule has 1 aliphatic rings. The van der Waals surface area contributed by atoms with Gasteiger partial charge in [-0.15, -0.1) is 5.53 Å². The average Bonchev–Trinajstić information content (AvgIpc) is 2.65. The molecular formula is C5H12N5O5P. The molecule has 1 aliphatic heterocycles. The average molecular weight is 253 g/mol. The summed E-state index contributed by atoms with van der Waals surface area (Å²) in [7, 11) is -4.14. The van der Waals surface area contributed by atoms with Gasteiger partial charge in [0, 0.05) is 6.20 Å². The van der Waals surface area contributed by atoms with Crippen LogP contribution in [0.5, 0.6) is 0 Å². The third-order valence-corrected chi connectivity index (χ3v) is 1.97. The van der Waals surface area contributed by atoms with Crippen LogP contribution in [0.25, 0.3) is 0 Å². The highest BCUT2D eigenvalue weighted by Crippen LogP contribution is 2.31. The summed E-state index contributed by atoms with van der Waals surface area (Å²) >= 11 is 0. The second kappa shape index (κ2) is 5.80. The summed E-state index contributed by atoms with van der Waals surface area (Å²) in [5.74, 6) is -0.712. The lowest BCUT2D eigenvalue weighted by atomic mass is 10.7. The minimum atomic E-state index is -4.14. The number of rotatable bonds is 6. The predicted molar refractivity (Wildman–Crippen MR) is 51.4 cm³/mol. The van der Waals surface area contributed by atoms with Crippen LogP contribution in [-0.4, -0.2) is 33.7 Å². The Hall–Kier alpha value is -1.16. The molecule has 10 nitrogen and oxygen atoms in total. The molecule has 1 rings (SSSR count). The van der Waals surface area contributed by atoms with Crippen molar-refractivity contribution in [3.05, 3.63) is 12.4 Å². The maximum absolute atomic E-state index is 11.0. The summed E-state index contributed by atoms with van der Waals surface area (Å²) in [5.41, 5.74) is 7.33. The summed E-state index contributed by atoms with van der Waals surface area (Å²) in [6, 6.07) is 0. The number of nitrogens with zero attached hydrogens (tertiary/aromatic N) is 1. The maximum atomic E-state index is 11.0. The zero-order valence-electron chi connectivity index (χ0n) is 8.08. The summed E-state index contributed by atoms with van der Waals surface area (Å²) in [6.45, 7) is -0.316. The van der Waals surface area contributed by atoms with E-state index in [1.165, 1.54) is 11.3 Å². The van der Waals surface area contributed by atoms with Crippen molar-refractivity contribution >= 4 is 13.6 Å². The molecule has 0 amide bonds. The first-order chi connectivity index (χ1) is 7.47. The minimum Gasteiger partial charge on any atom is -0.348 e. The van der Waals surface area contributed by atoms with E-state index in [1.807, 2.05) is 0 Å². The van der Waals surface area contributed by atoms with Crippen molar-refractivity contribution in [1.29, 1.82) is 0 Å². The summed E-state index contributed by atoms with van der Waals surface area (Å²) < 4.78 is 10.4. The molecule has 0 saturated carbocycles. The molecule has 0 saturated heterocycles. The monoisotopic (exact) mass is 253 g/mol. The van der Waals surface area contributed by atoms with Crippen LogP contribution in [0.15, 0.2) is 12.4 Å². The van der Waals surface area contributed by atoms with E-state index in [-0.39, 0.29) is 6.54 Å².